The molecule has 0 saturated heterocycles. The van der Waals surface area contributed by atoms with Crippen LogP contribution in [0.3, 0.4) is 0 Å². The lowest BCUT2D eigenvalue weighted by atomic mass is 10.1. The minimum atomic E-state index is 1.32. The zero-order valence-electron chi connectivity index (χ0n) is 8.39. The van der Waals surface area contributed by atoms with E-state index in [2.05, 4.69) is 16.9 Å². The van der Waals surface area contributed by atoms with Crippen molar-refractivity contribution in [2.24, 2.45) is 0 Å². The molecule has 0 heterocycles. The Labute approximate surface area is 71.5 Å². The Kier molecular flexibility index (Phi) is 19.8. The fourth-order valence-electron chi connectivity index (χ4n) is 0.760. The Morgan fingerprint density at radius 1 is 0.909 bits per heavy atom. The smallest absolute Gasteiger partial charge is 0.0351 e. The molecule has 0 bridgehead atoms. The van der Waals surface area contributed by atoms with Crippen LogP contribution in [0.4, 0.5) is 0 Å². The molecule has 0 saturated carbocycles. The average molecular weight is 158 g/mol. The summed E-state index contributed by atoms with van der Waals surface area (Å²) in [5, 5.41) is 0. The predicted octanol–water partition coefficient (Wildman–Crippen LogP) is 3.41. The zero-order chi connectivity index (χ0) is 8.95. The summed E-state index contributed by atoms with van der Waals surface area (Å²) in [5.74, 6) is 0. The predicted molar refractivity (Wildman–Crippen MR) is 51.9 cm³/mol. The average Bonchev–Trinajstić information content (AvgIpc) is 2.12. The lowest BCUT2D eigenvalue weighted by Crippen LogP contribution is -1.77. The zero-order valence-corrected chi connectivity index (χ0v) is 8.39. The van der Waals surface area contributed by atoms with E-state index in [1.165, 1.54) is 25.7 Å². The Morgan fingerprint density at radius 3 is 1.27 bits per heavy atom. The van der Waals surface area contributed by atoms with Gasteiger partial charge in [-0.25, -0.2) is 0 Å². The van der Waals surface area contributed by atoms with Gasteiger partial charge in [-0.15, -0.1) is 0 Å². The highest BCUT2D eigenvalue weighted by atomic mass is 16.4. The van der Waals surface area contributed by atoms with Gasteiger partial charge in [0.1, 0.15) is 0 Å². The van der Waals surface area contributed by atoms with Crippen LogP contribution in [0.2, 0.25) is 0 Å². The second-order valence-corrected chi connectivity index (χ2v) is 2.16. The minimum Gasteiger partial charge on any atom is -0.388 e. The quantitative estimate of drug-likeness (QED) is 0.491. The molecule has 0 N–H and O–H groups in total. The molecule has 0 fully saturated rings. The fourth-order valence-corrected chi connectivity index (χ4v) is 0.760. The third kappa shape index (κ3) is 17.7. The molecule has 1 heteroatoms. The van der Waals surface area contributed by atoms with Crippen LogP contribution in [0.5, 0.6) is 0 Å². The van der Waals surface area contributed by atoms with Crippen LogP contribution in [0, 0.1) is 0 Å². The number of allylic oxidation sites excluding steroid dienone is 2. The third-order valence-electron chi connectivity index (χ3n) is 1.16. The van der Waals surface area contributed by atoms with Crippen LogP contribution in [0.25, 0.3) is 0 Å². The largest absolute Gasteiger partial charge is 0.388 e. The first-order chi connectivity index (χ1) is 5.41. The van der Waals surface area contributed by atoms with Crippen molar-refractivity contribution in [3.63, 3.8) is 0 Å². The Morgan fingerprint density at radius 2 is 1.18 bits per heavy atom. The highest BCUT2D eigenvalue weighted by molar-refractivity contribution is 4.85. The normalized spacial score (nSPS) is 13.8. The van der Waals surface area contributed by atoms with Crippen molar-refractivity contribution in [3.05, 3.63) is 12.2 Å². The van der Waals surface area contributed by atoms with Crippen LogP contribution in [-0.4, -0.2) is 14.2 Å². The molecule has 0 spiro atoms. The molecule has 0 amide bonds. The lowest BCUT2D eigenvalue weighted by Gasteiger charge is -1.97. The second-order valence-electron chi connectivity index (χ2n) is 2.16. The molecule has 0 aliphatic heterocycles. The molecule has 0 radical (unpaired) electrons. The first kappa shape index (κ1) is 13.3. The summed E-state index contributed by atoms with van der Waals surface area (Å²) in [6, 6.07) is 0. The van der Waals surface area contributed by atoms with Gasteiger partial charge in [-0.05, 0) is 25.7 Å². The SMILES string of the molecule is C1=CCCCC1.CC.COC. The fraction of sp³-hybridized carbons (Fsp3) is 0.800. The Bertz CT molecular complexity index is 59.3. The van der Waals surface area contributed by atoms with Crippen molar-refractivity contribution in [2.45, 2.75) is 39.5 Å². The summed E-state index contributed by atoms with van der Waals surface area (Å²) in [5.41, 5.74) is 0. The second kappa shape index (κ2) is 16.4. The van der Waals surface area contributed by atoms with Crippen LogP contribution in [0.15, 0.2) is 12.2 Å². The first-order valence-electron chi connectivity index (χ1n) is 4.47. The topological polar surface area (TPSA) is 9.23 Å². The van der Waals surface area contributed by atoms with Gasteiger partial charge < -0.3 is 4.74 Å². The summed E-state index contributed by atoms with van der Waals surface area (Å²) >= 11 is 0. The van der Waals surface area contributed by atoms with Crippen LogP contribution < -0.4 is 0 Å². The van der Waals surface area contributed by atoms with Gasteiger partial charge >= 0.3 is 0 Å². The van der Waals surface area contributed by atoms with Crippen LogP contribution in [0.1, 0.15) is 39.5 Å². The highest BCUT2D eigenvalue weighted by Gasteiger charge is 1.87. The van der Waals surface area contributed by atoms with Gasteiger partial charge in [-0.3, -0.25) is 0 Å². The molecule has 68 valence electrons. The monoisotopic (exact) mass is 158 g/mol. The number of ether oxygens (including phenoxy) is 1. The molecule has 0 unspecified atom stereocenters. The van der Waals surface area contributed by atoms with E-state index in [1.807, 2.05) is 13.8 Å². The van der Waals surface area contributed by atoms with Gasteiger partial charge in [0.15, 0.2) is 0 Å². The van der Waals surface area contributed by atoms with E-state index >= 15 is 0 Å². The number of methoxy groups -OCH3 is 1. The molecule has 1 rings (SSSR count). The molecule has 0 aromatic rings. The summed E-state index contributed by atoms with van der Waals surface area (Å²) in [7, 11) is 3.25. The van der Waals surface area contributed by atoms with E-state index in [0.29, 0.717) is 0 Å². The number of rotatable bonds is 0. The van der Waals surface area contributed by atoms with E-state index in [9.17, 15) is 0 Å². The molecule has 1 aliphatic carbocycles. The summed E-state index contributed by atoms with van der Waals surface area (Å²) in [4.78, 5) is 0. The summed E-state index contributed by atoms with van der Waals surface area (Å²) in [6.45, 7) is 4.00. The van der Waals surface area contributed by atoms with Gasteiger partial charge in [-0.2, -0.15) is 0 Å². The van der Waals surface area contributed by atoms with Crippen molar-refractivity contribution in [3.8, 4) is 0 Å². The van der Waals surface area contributed by atoms with Crippen molar-refractivity contribution in [2.75, 3.05) is 14.2 Å². The van der Waals surface area contributed by atoms with Gasteiger partial charge in [-0.1, -0.05) is 26.0 Å². The van der Waals surface area contributed by atoms with E-state index in [4.69, 9.17) is 0 Å². The molecule has 0 aromatic heterocycles. The number of hydrogen-bond donors (Lipinski definition) is 0. The van der Waals surface area contributed by atoms with Crippen molar-refractivity contribution >= 4 is 0 Å². The van der Waals surface area contributed by atoms with Crippen LogP contribution >= 0.6 is 0 Å². The third-order valence-corrected chi connectivity index (χ3v) is 1.16. The molecule has 0 atom stereocenters. The molecule has 1 aliphatic rings. The van der Waals surface area contributed by atoms with E-state index in [-0.39, 0.29) is 0 Å². The highest BCUT2D eigenvalue weighted by Crippen LogP contribution is 2.07. The number of hydrogen-bond acceptors (Lipinski definition) is 1. The van der Waals surface area contributed by atoms with E-state index in [1.54, 1.807) is 14.2 Å². The van der Waals surface area contributed by atoms with Crippen molar-refractivity contribution in [1.29, 1.82) is 0 Å². The molecule has 11 heavy (non-hydrogen) atoms. The standard InChI is InChI=1S/C6H10.C2H6O.C2H6/c1-2-4-6-5-3-1;1-3-2;1-2/h1-2H,3-6H2;1-2H3;1-2H3. The van der Waals surface area contributed by atoms with Gasteiger partial charge in [0, 0.05) is 14.2 Å². The maximum atomic E-state index is 4.25. The molecule has 0 aromatic carbocycles. The maximum absolute atomic E-state index is 4.25. The van der Waals surface area contributed by atoms with Crippen LogP contribution in [-0.2, 0) is 4.74 Å². The van der Waals surface area contributed by atoms with Crippen molar-refractivity contribution < 1.29 is 4.74 Å². The van der Waals surface area contributed by atoms with Gasteiger partial charge in [0.05, 0.1) is 0 Å². The maximum Gasteiger partial charge on any atom is 0.0351 e. The molecular weight excluding hydrogens is 136 g/mol. The van der Waals surface area contributed by atoms with E-state index in [0.717, 1.165) is 0 Å². The summed E-state index contributed by atoms with van der Waals surface area (Å²) < 4.78 is 4.25. The minimum absolute atomic E-state index is 1.32. The Balaban J connectivity index is 0. The summed E-state index contributed by atoms with van der Waals surface area (Å²) in [6.07, 6.45) is 10.0. The van der Waals surface area contributed by atoms with Gasteiger partial charge in [0.25, 0.3) is 0 Å². The molecular formula is C10H22O. The first-order valence-corrected chi connectivity index (χ1v) is 4.47. The van der Waals surface area contributed by atoms with E-state index < -0.39 is 0 Å². The van der Waals surface area contributed by atoms with Gasteiger partial charge in [0.2, 0.25) is 0 Å². The van der Waals surface area contributed by atoms with Crippen molar-refractivity contribution in [1.82, 2.24) is 0 Å². The molecule has 1 nitrogen and oxygen atoms in total. The Hall–Kier alpha value is -0.300. The lowest BCUT2D eigenvalue weighted by molar-refractivity contribution is 0.277.